The summed E-state index contributed by atoms with van der Waals surface area (Å²) >= 11 is 0. The number of methoxy groups -OCH3 is 2. The molecule has 0 saturated carbocycles. The number of hydrogen-bond donors (Lipinski definition) is 9. The van der Waals surface area contributed by atoms with Gasteiger partial charge in [-0.15, -0.1) is 0 Å². The Morgan fingerprint density at radius 1 is 0.418 bits per heavy atom. The van der Waals surface area contributed by atoms with Crippen LogP contribution in [0.1, 0.15) is 66.5 Å². The van der Waals surface area contributed by atoms with Gasteiger partial charge in [0.15, 0.2) is 11.5 Å². The van der Waals surface area contributed by atoms with Crippen molar-refractivity contribution in [2.45, 2.75) is 117 Å². The molecule has 18 nitrogen and oxygen atoms in total. The maximum Gasteiger partial charge on any atom is 0.161 e. The summed E-state index contributed by atoms with van der Waals surface area (Å²) in [4.78, 5) is 3.40. The summed E-state index contributed by atoms with van der Waals surface area (Å²) < 4.78 is 49.8. The minimum Gasteiger partial charge on any atom is -0.493 e. The Hall–Kier alpha value is -7.04. The zero-order valence-corrected chi connectivity index (χ0v) is 55.2. The smallest absolute Gasteiger partial charge is 0.161 e. The van der Waals surface area contributed by atoms with Crippen molar-refractivity contribution in [1.29, 1.82) is 0 Å². The molecule has 0 aliphatic heterocycles. The zero-order valence-electron chi connectivity index (χ0n) is 55.2. The van der Waals surface area contributed by atoms with Crippen molar-refractivity contribution in [2.75, 3.05) is 99.8 Å². The summed E-state index contributed by atoms with van der Waals surface area (Å²) in [6, 6.07) is 52.3. The molecule has 8 aromatic rings. The molecule has 8 rings (SSSR count). The van der Waals surface area contributed by atoms with E-state index in [1.165, 1.54) is 5.56 Å². The summed E-state index contributed by atoms with van der Waals surface area (Å²) in [5.41, 5.74) is 4.40. The standard InChI is InChI=1S/C24H26N2O4.C18H31NO4.C16H21NO2.C15H25NO3/c1-28-21-10-4-5-11-22(21)29-14-13-25-15-17(27)16-30-23-12-6-9-20-24(23)18-7-2-3-8-19(18)26-20;1-14(2)19-11-17(20)13-23-18-7-5-16(6-8-18)12-21-9-10-22-15(3)4;1-12(2)17-10-14(18)11-19-16-9-5-7-13-6-3-4-8-15(13)16;1-12(2)16-10-14(17)11-19-15-6-4-13(5-7-15)8-9-18-3/h2-12,17,25-27H,13-16H2,1H3;5-8,14-15,17,19-20H,9-13H2,1-4H3;3-9,12,14,17-18H,10-11H2,1-2H3;4-7,12,14,16-17H,8-11H2,1-3H3. The van der Waals surface area contributed by atoms with Crippen LogP contribution in [0.2, 0.25) is 0 Å². The van der Waals surface area contributed by atoms with Gasteiger partial charge in [0.2, 0.25) is 0 Å². The Labute approximate surface area is 539 Å². The third kappa shape index (κ3) is 29.9. The number of benzene rings is 7. The monoisotopic (exact) mass is 1260 g/mol. The van der Waals surface area contributed by atoms with E-state index in [0.717, 1.165) is 74.2 Å². The minimum atomic E-state index is -0.628. The van der Waals surface area contributed by atoms with Crippen LogP contribution in [-0.4, -0.2) is 174 Å². The van der Waals surface area contributed by atoms with Crippen LogP contribution in [0.25, 0.3) is 32.6 Å². The van der Waals surface area contributed by atoms with Crippen LogP contribution >= 0.6 is 0 Å². The van der Waals surface area contributed by atoms with Crippen molar-refractivity contribution in [2.24, 2.45) is 0 Å². The number of aromatic nitrogens is 1. The highest BCUT2D eigenvalue weighted by molar-refractivity contribution is 6.10. The van der Waals surface area contributed by atoms with E-state index in [0.29, 0.717) is 102 Å². The van der Waals surface area contributed by atoms with E-state index in [4.69, 9.17) is 42.6 Å². The Bertz CT molecular complexity index is 3170. The number of H-pyrrole nitrogens is 1. The van der Waals surface area contributed by atoms with Gasteiger partial charge in [0, 0.05) is 79.6 Å². The maximum absolute atomic E-state index is 10.3. The third-order valence-corrected chi connectivity index (χ3v) is 13.6. The second-order valence-corrected chi connectivity index (χ2v) is 23.1. The first-order chi connectivity index (χ1) is 44.0. The van der Waals surface area contributed by atoms with Crippen molar-refractivity contribution in [3.63, 3.8) is 0 Å². The van der Waals surface area contributed by atoms with E-state index in [2.05, 4.69) is 58.3 Å². The first kappa shape index (κ1) is 74.7. The molecule has 0 saturated heterocycles. The van der Waals surface area contributed by atoms with Gasteiger partial charge >= 0.3 is 0 Å². The summed E-state index contributed by atoms with van der Waals surface area (Å²) in [7, 11) is 3.32. The fraction of sp³-hybridized carbons (Fsp3) is 0.452. The fourth-order valence-corrected chi connectivity index (χ4v) is 8.84. The number of fused-ring (bicyclic) bond motifs is 4. The predicted molar refractivity (Wildman–Crippen MR) is 366 cm³/mol. The summed E-state index contributed by atoms with van der Waals surface area (Å²) in [5, 5.41) is 56.8. The molecular formula is C73H103N5O13. The molecule has 1 aromatic heterocycles. The van der Waals surface area contributed by atoms with Crippen LogP contribution in [0, 0.1) is 0 Å². The van der Waals surface area contributed by atoms with Crippen molar-refractivity contribution in [1.82, 2.24) is 26.3 Å². The molecule has 4 unspecified atom stereocenters. The average Bonchev–Trinajstić information content (AvgIpc) is 1.73. The molecule has 18 heteroatoms. The van der Waals surface area contributed by atoms with Crippen molar-refractivity contribution in [3.05, 3.63) is 169 Å². The fourth-order valence-electron chi connectivity index (χ4n) is 8.84. The highest BCUT2D eigenvalue weighted by atomic mass is 16.5. The number of aromatic amines is 1. The lowest BCUT2D eigenvalue weighted by Crippen LogP contribution is -2.35. The van der Waals surface area contributed by atoms with Gasteiger partial charge in [0.25, 0.3) is 0 Å². The number of hydrogen-bond acceptors (Lipinski definition) is 17. The Balaban J connectivity index is 0.000000225. The highest BCUT2D eigenvalue weighted by Gasteiger charge is 2.14. The Morgan fingerprint density at radius 2 is 0.901 bits per heavy atom. The largest absolute Gasteiger partial charge is 0.493 e. The van der Waals surface area contributed by atoms with Crippen molar-refractivity contribution in [3.8, 4) is 34.5 Å². The van der Waals surface area contributed by atoms with Gasteiger partial charge in [0.1, 0.15) is 80.4 Å². The van der Waals surface area contributed by atoms with Crippen LogP contribution in [0.3, 0.4) is 0 Å². The highest BCUT2D eigenvalue weighted by Crippen LogP contribution is 2.33. The molecule has 1 heterocycles. The SMILES string of the molecule is CC(C)NCC(O)COc1ccc(COCCOC(C)C)cc1.CC(C)NCC(O)COc1cccc2ccccc12.COCCc1ccc(OCC(O)CNC(C)C)cc1.COc1ccccc1OCCNCC(O)COc1cccc2[nH]c3ccccc3c12. The minimum absolute atomic E-state index is 0.207. The van der Waals surface area contributed by atoms with Gasteiger partial charge < -0.3 is 89.3 Å². The van der Waals surface area contributed by atoms with Gasteiger partial charge in [0.05, 0.1) is 45.2 Å². The molecule has 0 amide bonds. The molecule has 7 aromatic carbocycles. The van der Waals surface area contributed by atoms with E-state index in [1.807, 2.05) is 181 Å². The molecule has 9 N–H and O–H groups in total. The van der Waals surface area contributed by atoms with E-state index in [9.17, 15) is 20.4 Å². The number of nitrogens with one attached hydrogen (secondary N) is 5. The lowest BCUT2D eigenvalue weighted by atomic mass is 10.1. The third-order valence-electron chi connectivity index (χ3n) is 13.6. The van der Waals surface area contributed by atoms with Gasteiger partial charge in [-0.05, 0) is 97.4 Å². The summed E-state index contributed by atoms with van der Waals surface area (Å²) in [5.74, 6) is 4.53. The van der Waals surface area contributed by atoms with Crippen molar-refractivity contribution < 1.29 is 63.1 Å². The lowest BCUT2D eigenvalue weighted by molar-refractivity contribution is 0.0143. The predicted octanol–water partition coefficient (Wildman–Crippen LogP) is 10.3. The average molecular weight is 1260 g/mol. The molecule has 0 aliphatic carbocycles. The van der Waals surface area contributed by atoms with Crippen LogP contribution < -0.4 is 49.7 Å². The van der Waals surface area contributed by atoms with Crippen LogP contribution in [0.15, 0.2) is 158 Å². The Morgan fingerprint density at radius 3 is 1.49 bits per heavy atom. The Kier molecular flexibility index (Phi) is 35.2. The van der Waals surface area contributed by atoms with Gasteiger partial charge in [-0.3, -0.25) is 0 Å². The topological polar surface area (TPSA) is 228 Å². The quantitative estimate of drug-likeness (QED) is 0.0165. The van der Waals surface area contributed by atoms with E-state index in [1.54, 1.807) is 14.2 Å². The molecule has 0 aliphatic rings. The number of para-hydroxylation sites is 3. The molecular weight excluding hydrogens is 1150 g/mol. The van der Waals surface area contributed by atoms with Crippen molar-refractivity contribution >= 4 is 32.6 Å². The number of aliphatic hydroxyl groups is 4. The van der Waals surface area contributed by atoms with Gasteiger partial charge in [-0.25, -0.2) is 0 Å². The van der Waals surface area contributed by atoms with Gasteiger partial charge in [-0.2, -0.15) is 0 Å². The second kappa shape index (κ2) is 42.9. The number of rotatable bonds is 37. The molecule has 91 heavy (non-hydrogen) atoms. The molecule has 4 atom stereocenters. The summed E-state index contributed by atoms with van der Waals surface area (Å²) in [6.07, 6.45) is -0.992. The molecule has 0 spiro atoms. The van der Waals surface area contributed by atoms with E-state index >= 15 is 0 Å². The zero-order chi connectivity index (χ0) is 65.6. The van der Waals surface area contributed by atoms with E-state index < -0.39 is 24.4 Å². The van der Waals surface area contributed by atoms with Crippen LogP contribution in [-0.2, 0) is 27.2 Å². The molecule has 0 radical (unpaired) electrons. The van der Waals surface area contributed by atoms with E-state index in [-0.39, 0.29) is 19.3 Å². The summed E-state index contributed by atoms with van der Waals surface area (Å²) in [6.45, 7) is 23.0. The first-order valence-corrected chi connectivity index (χ1v) is 31.7. The number of aliphatic hydroxyl groups excluding tert-OH is 4. The normalized spacial score (nSPS) is 12.6. The first-order valence-electron chi connectivity index (χ1n) is 31.7. The van der Waals surface area contributed by atoms with Crippen LogP contribution in [0.4, 0.5) is 0 Å². The molecule has 498 valence electrons. The molecule has 0 fully saturated rings. The van der Waals surface area contributed by atoms with Gasteiger partial charge in [-0.1, -0.05) is 139 Å². The second-order valence-electron chi connectivity index (χ2n) is 23.1. The molecule has 0 bridgehead atoms. The number of ether oxygens (including phenoxy) is 9. The lowest BCUT2D eigenvalue weighted by Gasteiger charge is -2.15. The van der Waals surface area contributed by atoms with Crippen LogP contribution in [0.5, 0.6) is 34.5 Å². The maximum atomic E-state index is 10.3.